The normalized spacial score (nSPS) is 11.2. The summed E-state index contributed by atoms with van der Waals surface area (Å²) in [5, 5.41) is 8.25. The lowest BCUT2D eigenvalue weighted by Crippen LogP contribution is -2.37. The van der Waals surface area contributed by atoms with E-state index < -0.39 is 30.2 Å². The molecule has 154 valence electrons. The van der Waals surface area contributed by atoms with Crippen LogP contribution in [0.4, 0.5) is 29.3 Å². The van der Waals surface area contributed by atoms with Gasteiger partial charge in [0.15, 0.2) is 0 Å². The highest BCUT2D eigenvalue weighted by molar-refractivity contribution is 5.92. The minimum Gasteiger partial charge on any atom is -0.378 e. The maximum atomic E-state index is 12.7. The average molecular weight is 407 g/mol. The van der Waals surface area contributed by atoms with Gasteiger partial charge in [0.05, 0.1) is 11.8 Å². The van der Waals surface area contributed by atoms with Crippen LogP contribution in [0.5, 0.6) is 0 Å². The fraction of sp³-hybridized carbons (Fsp3) is 0.211. The first-order valence-electron chi connectivity index (χ1n) is 8.46. The Balaban J connectivity index is 1.78. The summed E-state index contributed by atoms with van der Waals surface area (Å²) in [4.78, 5) is 25.4. The van der Waals surface area contributed by atoms with Gasteiger partial charge in [0.25, 0.3) is 5.91 Å². The van der Waals surface area contributed by atoms with E-state index in [9.17, 15) is 22.8 Å². The third-order valence-corrected chi connectivity index (χ3v) is 3.67. The predicted molar refractivity (Wildman–Crippen MR) is 105 cm³/mol. The fourth-order valence-corrected chi connectivity index (χ4v) is 2.19. The number of carbonyl (C=O) groups excluding carboxylic acids is 2. The van der Waals surface area contributed by atoms with Crippen molar-refractivity contribution in [2.75, 3.05) is 30.9 Å². The van der Waals surface area contributed by atoms with Gasteiger partial charge in [0.2, 0.25) is 0 Å². The third kappa shape index (κ3) is 7.17. The maximum Gasteiger partial charge on any atom is 0.416 e. The van der Waals surface area contributed by atoms with Gasteiger partial charge in [-0.1, -0.05) is 18.2 Å². The Hall–Kier alpha value is -3.56. The van der Waals surface area contributed by atoms with Gasteiger partial charge in [-0.2, -0.15) is 18.3 Å². The molecular formula is C19H20F3N5O2. The Bertz CT molecular complexity index is 880. The van der Waals surface area contributed by atoms with Gasteiger partial charge in [-0.25, -0.2) is 10.2 Å². The molecule has 7 nitrogen and oxygen atoms in total. The quantitative estimate of drug-likeness (QED) is 0.508. The van der Waals surface area contributed by atoms with Crippen LogP contribution in [0, 0.1) is 0 Å². The van der Waals surface area contributed by atoms with Crippen LogP contribution in [0.25, 0.3) is 0 Å². The molecule has 10 heteroatoms. The van der Waals surface area contributed by atoms with E-state index in [2.05, 4.69) is 21.2 Å². The lowest BCUT2D eigenvalue weighted by Gasteiger charge is -2.11. The summed E-state index contributed by atoms with van der Waals surface area (Å²) in [5.74, 6) is -0.592. The Morgan fingerprint density at radius 3 is 2.41 bits per heavy atom. The zero-order chi connectivity index (χ0) is 21.4. The molecular weight excluding hydrogens is 387 g/mol. The van der Waals surface area contributed by atoms with Gasteiger partial charge in [0, 0.05) is 25.5 Å². The Labute approximate surface area is 165 Å². The minimum absolute atomic E-state index is 0.0445. The highest BCUT2D eigenvalue weighted by Crippen LogP contribution is 2.30. The number of hydrogen-bond acceptors (Lipinski definition) is 4. The molecule has 0 radical (unpaired) electrons. The molecule has 0 spiro atoms. The minimum atomic E-state index is -4.52. The first-order chi connectivity index (χ1) is 13.6. The number of halogens is 3. The smallest absolute Gasteiger partial charge is 0.378 e. The first-order valence-corrected chi connectivity index (χ1v) is 8.46. The lowest BCUT2D eigenvalue weighted by molar-refractivity contribution is -0.137. The van der Waals surface area contributed by atoms with Crippen molar-refractivity contribution < 1.29 is 22.8 Å². The molecule has 0 unspecified atom stereocenters. The van der Waals surface area contributed by atoms with Gasteiger partial charge in [-0.15, -0.1) is 0 Å². The van der Waals surface area contributed by atoms with Crippen LogP contribution in [0.2, 0.25) is 0 Å². The molecule has 0 saturated heterocycles. The summed E-state index contributed by atoms with van der Waals surface area (Å²) >= 11 is 0. The van der Waals surface area contributed by atoms with E-state index in [0.29, 0.717) is 0 Å². The average Bonchev–Trinajstić information content (AvgIpc) is 2.66. The first kappa shape index (κ1) is 21.7. The molecule has 0 fully saturated rings. The van der Waals surface area contributed by atoms with Crippen molar-refractivity contribution in [1.29, 1.82) is 0 Å². The number of hydrogen-bond donors (Lipinski definition) is 3. The van der Waals surface area contributed by atoms with E-state index in [1.807, 2.05) is 43.3 Å². The zero-order valence-electron chi connectivity index (χ0n) is 15.7. The maximum absolute atomic E-state index is 12.7. The number of carbonyl (C=O) groups is 2. The van der Waals surface area contributed by atoms with E-state index in [0.717, 1.165) is 23.4 Å². The molecule has 0 aromatic heterocycles. The van der Waals surface area contributed by atoms with Crippen LogP contribution in [0.15, 0.2) is 53.6 Å². The molecule has 0 heterocycles. The lowest BCUT2D eigenvalue weighted by atomic mass is 10.2. The van der Waals surface area contributed by atoms with E-state index in [1.165, 1.54) is 18.3 Å². The van der Waals surface area contributed by atoms with Crippen molar-refractivity contribution in [3.8, 4) is 0 Å². The Kier molecular flexibility index (Phi) is 7.18. The van der Waals surface area contributed by atoms with Gasteiger partial charge < -0.3 is 15.5 Å². The standard InChI is InChI=1S/C19H20F3N5O2/c1-27(2)16-8-6-13(7-9-16)11-24-26-17(28)12-23-18(29)25-15-5-3-4-14(10-15)19(20,21)22/h3-11H,12H2,1-2H3,(H,26,28)(H2,23,25,29)/b24-11-. The van der Waals surface area contributed by atoms with Gasteiger partial charge in [-0.3, -0.25) is 4.79 Å². The number of nitrogens with one attached hydrogen (secondary N) is 3. The second-order valence-corrected chi connectivity index (χ2v) is 6.17. The van der Waals surface area contributed by atoms with Crippen molar-refractivity contribution >= 4 is 29.5 Å². The molecule has 29 heavy (non-hydrogen) atoms. The van der Waals surface area contributed by atoms with Crippen molar-refractivity contribution in [1.82, 2.24) is 10.7 Å². The highest BCUT2D eigenvalue weighted by Gasteiger charge is 2.30. The number of anilines is 2. The number of rotatable bonds is 6. The number of alkyl halides is 3. The summed E-state index contributed by atoms with van der Waals surface area (Å²) in [7, 11) is 3.83. The Morgan fingerprint density at radius 1 is 1.10 bits per heavy atom. The molecule has 0 bridgehead atoms. The van der Waals surface area contributed by atoms with Crippen molar-refractivity contribution in [2.24, 2.45) is 5.10 Å². The van der Waals surface area contributed by atoms with Crippen molar-refractivity contribution in [2.45, 2.75) is 6.18 Å². The van der Waals surface area contributed by atoms with Crippen LogP contribution in [0.1, 0.15) is 11.1 Å². The molecule has 0 aliphatic carbocycles. The molecule has 2 aromatic rings. The summed E-state index contributed by atoms with van der Waals surface area (Å²) in [6.07, 6.45) is -3.07. The topological polar surface area (TPSA) is 85.8 Å². The summed E-state index contributed by atoms with van der Waals surface area (Å²) in [5.41, 5.74) is 3.10. The molecule has 2 aromatic carbocycles. The van der Waals surface area contributed by atoms with Crippen LogP contribution >= 0.6 is 0 Å². The largest absolute Gasteiger partial charge is 0.416 e. The Morgan fingerprint density at radius 2 is 1.79 bits per heavy atom. The molecule has 0 aliphatic heterocycles. The van der Waals surface area contributed by atoms with Crippen LogP contribution < -0.4 is 21.0 Å². The fourth-order valence-electron chi connectivity index (χ4n) is 2.19. The van der Waals surface area contributed by atoms with E-state index >= 15 is 0 Å². The molecule has 3 amide bonds. The van der Waals surface area contributed by atoms with Crippen molar-refractivity contribution in [3.63, 3.8) is 0 Å². The molecule has 0 saturated carbocycles. The highest BCUT2D eigenvalue weighted by atomic mass is 19.4. The monoisotopic (exact) mass is 407 g/mol. The predicted octanol–water partition coefficient (Wildman–Crippen LogP) is 3.04. The van der Waals surface area contributed by atoms with Crippen molar-refractivity contribution in [3.05, 3.63) is 59.7 Å². The number of hydrazone groups is 1. The number of nitrogens with zero attached hydrogens (tertiary/aromatic N) is 2. The summed E-state index contributed by atoms with van der Waals surface area (Å²) in [6, 6.07) is 10.8. The SMILES string of the molecule is CN(C)c1ccc(/C=N\NC(=O)CNC(=O)Nc2cccc(C(F)(F)F)c2)cc1. The molecule has 0 aliphatic rings. The van der Waals surface area contributed by atoms with Gasteiger partial charge in [-0.05, 0) is 35.9 Å². The van der Waals surface area contributed by atoms with Crippen LogP contribution in [-0.4, -0.2) is 38.8 Å². The summed E-state index contributed by atoms with van der Waals surface area (Å²) in [6.45, 7) is -0.401. The van der Waals surface area contributed by atoms with Crippen LogP contribution in [0.3, 0.4) is 0 Å². The second-order valence-electron chi connectivity index (χ2n) is 6.17. The van der Waals surface area contributed by atoms with Gasteiger partial charge in [0.1, 0.15) is 6.54 Å². The second kappa shape index (κ2) is 9.58. The third-order valence-electron chi connectivity index (χ3n) is 3.67. The summed E-state index contributed by atoms with van der Waals surface area (Å²) < 4.78 is 38.0. The zero-order valence-corrected chi connectivity index (χ0v) is 15.7. The number of amides is 3. The molecule has 3 N–H and O–H groups in total. The molecule has 0 atom stereocenters. The number of urea groups is 1. The molecule has 2 rings (SSSR count). The van der Waals surface area contributed by atoms with Crippen LogP contribution in [-0.2, 0) is 11.0 Å². The van der Waals surface area contributed by atoms with E-state index in [-0.39, 0.29) is 5.69 Å². The van der Waals surface area contributed by atoms with E-state index in [1.54, 1.807) is 0 Å². The van der Waals surface area contributed by atoms with E-state index in [4.69, 9.17) is 0 Å². The number of benzene rings is 2. The van der Waals surface area contributed by atoms with Gasteiger partial charge >= 0.3 is 12.2 Å².